The van der Waals surface area contributed by atoms with Crippen molar-refractivity contribution in [2.75, 3.05) is 0 Å². The molecule has 26 heavy (non-hydrogen) atoms. The Morgan fingerprint density at radius 2 is 1.65 bits per heavy atom. The minimum absolute atomic E-state index is 0.0296. The maximum atomic E-state index is 14.3. The monoisotopic (exact) mass is 350 g/mol. The van der Waals surface area contributed by atoms with Crippen LogP contribution in [-0.2, 0) is 0 Å². The molecular formula is C20H12F2N2O2. The summed E-state index contributed by atoms with van der Waals surface area (Å²) in [6.07, 6.45) is 1.25. The van der Waals surface area contributed by atoms with E-state index in [9.17, 15) is 18.8 Å². The number of pyridine rings is 2. The van der Waals surface area contributed by atoms with Gasteiger partial charge >= 0.3 is 5.56 Å². The summed E-state index contributed by atoms with van der Waals surface area (Å²) in [5.74, 6) is -1.71. The van der Waals surface area contributed by atoms with E-state index < -0.39 is 17.2 Å². The summed E-state index contributed by atoms with van der Waals surface area (Å²) >= 11 is 0. The average molecular weight is 350 g/mol. The van der Waals surface area contributed by atoms with Crippen molar-refractivity contribution in [3.8, 4) is 17.1 Å². The Bertz CT molecular complexity index is 1190. The van der Waals surface area contributed by atoms with E-state index >= 15 is 0 Å². The molecule has 0 aliphatic rings. The molecule has 0 unspecified atom stereocenters. The van der Waals surface area contributed by atoms with Crippen LogP contribution in [0.4, 0.5) is 8.78 Å². The molecule has 0 aliphatic carbocycles. The summed E-state index contributed by atoms with van der Waals surface area (Å²) < 4.78 is 29.6. The zero-order chi connectivity index (χ0) is 18.3. The molecule has 4 aromatic rings. The molecule has 0 N–H and O–H groups in total. The predicted molar refractivity (Wildman–Crippen MR) is 93.9 cm³/mol. The maximum Gasteiger partial charge on any atom is 0.350 e. The summed E-state index contributed by atoms with van der Waals surface area (Å²) in [7, 11) is 0. The van der Waals surface area contributed by atoms with Crippen molar-refractivity contribution in [2.45, 2.75) is 0 Å². The van der Waals surface area contributed by atoms with Gasteiger partial charge in [-0.2, -0.15) is 4.57 Å². The van der Waals surface area contributed by atoms with Gasteiger partial charge in [-0.1, -0.05) is 36.4 Å². The Balaban J connectivity index is 2.20. The molecule has 0 amide bonds. The molecule has 0 aliphatic heterocycles. The first-order chi connectivity index (χ1) is 12.6. The van der Waals surface area contributed by atoms with Crippen LogP contribution in [0.3, 0.4) is 0 Å². The van der Waals surface area contributed by atoms with E-state index in [0.717, 1.165) is 10.6 Å². The number of fused-ring (bicyclic) bond motifs is 1. The first kappa shape index (κ1) is 16.0. The molecule has 2 aromatic heterocycles. The minimum Gasteiger partial charge on any atom is -0.711 e. The summed E-state index contributed by atoms with van der Waals surface area (Å²) in [6.45, 7) is 0. The molecule has 6 heteroatoms. The second-order valence-corrected chi connectivity index (χ2v) is 5.77. The van der Waals surface area contributed by atoms with Gasteiger partial charge in [0.15, 0.2) is 0 Å². The highest BCUT2D eigenvalue weighted by Gasteiger charge is 2.23. The highest BCUT2D eigenvalue weighted by Crippen LogP contribution is 2.25. The quantitative estimate of drug-likeness (QED) is 0.410. The van der Waals surface area contributed by atoms with Crippen molar-refractivity contribution in [3.05, 3.63) is 100 Å². The standard InChI is InChI=1S/C20H12F2N2O2/c21-15-10-14-11-17(13-6-2-1-3-7-13)24(18-8-4-5-9-23(18)26)20(25)19(14)16(22)12-15/h1-12H. The largest absolute Gasteiger partial charge is 0.711 e. The second kappa shape index (κ2) is 6.07. The van der Waals surface area contributed by atoms with Crippen LogP contribution in [-0.4, -0.2) is 4.57 Å². The lowest BCUT2D eigenvalue weighted by atomic mass is 10.1. The normalized spacial score (nSPS) is 11.0. The van der Waals surface area contributed by atoms with Crippen molar-refractivity contribution >= 4 is 10.8 Å². The van der Waals surface area contributed by atoms with Gasteiger partial charge in [-0.3, -0.25) is 0 Å². The molecule has 0 saturated heterocycles. The molecule has 2 heterocycles. The molecule has 0 spiro atoms. The van der Waals surface area contributed by atoms with E-state index in [0.29, 0.717) is 22.1 Å². The van der Waals surface area contributed by atoms with E-state index in [4.69, 9.17) is 0 Å². The molecule has 0 fully saturated rings. The number of nitrogens with zero attached hydrogens (tertiary/aromatic N) is 2. The summed E-state index contributed by atoms with van der Waals surface area (Å²) in [5, 5.41) is 12.1. The van der Waals surface area contributed by atoms with Crippen LogP contribution in [0, 0.1) is 16.8 Å². The third kappa shape index (κ3) is 2.52. The van der Waals surface area contributed by atoms with E-state index in [2.05, 4.69) is 0 Å². The Kier molecular flexibility index (Phi) is 3.73. The maximum absolute atomic E-state index is 14.3. The number of hydrogen-bond acceptors (Lipinski definition) is 2. The van der Waals surface area contributed by atoms with Gasteiger partial charge in [0.05, 0.1) is 6.20 Å². The van der Waals surface area contributed by atoms with E-state index in [-0.39, 0.29) is 16.6 Å². The topological polar surface area (TPSA) is 48.9 Å². The minimum atomic E-state index is -0.966. The van der Waals surface area contributed by atoms with Crippen LogP contribution in [0.5, 0.6) is 0 Å². The SMILES string of the molecule is O=c1c2c(F)cc(F)cc2cc(-c2ccccc2)n1-c1cccc[n+]1[O-]. The first-order valence-corrected chi connectivity index (χ1v) is 7.85. The van der Waals surface area contributed by atoms with Crippen LogP contribution in [0.15, 0.2) is 77.7 Å². The fourth-order valence-corrected chi connectivity index (χ4v) is 3.01. The molecule has 4 rings (SSSR count). The molecule has 0 radical (unpaired) electrons. The van der Waals surface area contributed by atoms with Crippen molar-refractivity contribution < 1.29 is 13.5 Å². The lowest BCUT2D eigenvalue weighted by molar-refractivity contribution is -0.599. The zero-order valence-corrected chi connectivity index (χ0v) is 13.4. The van der Waals surface area contributed by atoms with E-state index in [1.807, 2.05) is 6.07 Å². The lowest BCUT2D eigenvalue weighted by Gasteiger charge is -2.13. The third-order valence-corrected chi connectivity index (χ3v) is 4.14. The van der Waals surface area contributed by atoms with Gasteiger partial charge in [-0.05, 0) is 23.6 Å². The Hall–Kier alpha value is -3.54. The highest BCUT2D eigenvalue weighted by atomic mass is 19.1. The van der Waals surface area contributed by atoms with Crippen LogP contribution in [0.25, 0.3) is 27.8 Å². The van der Waals surface area contributed by atoms with Crippen LogP contribution in [0.1, 0.15) is 0 Å². The lowest BCUT2D eigenvalue weighted by Crippen LogP contribution is -2.36. The Morgan fingerprint density at radius 1 is 0.923 bits per heavy atom. The Labute approximate surface area is 146 Å². The second-order valence-electron chi connectivity index (χ2n) is 5.77. The predicted octanol–water partition coefficient (Wildman–Crippen LogP) is 3.57. The third-order valence-electron chi connectivity index (χ3n) is 4.14. The highest BCUT2D eigenvalue weighted by molar-refractivity contribution is 5.86. The molecule has 4 nitrogen and oxygen atoms in total. The summed E-state index contributed by atoms with van der Waals surface area (Å²) in [6, 6.07) is 16.7. The van der Waals surface area contributed by atoms with Crippen molar-refractivity contribution in [1.82, 2.24) is 4.57 Å². The number of rotatable bonds is 2. The van der Waals surface area contributed by atoms with Crippen LogP contribution in [0.2, 0.25) is 0 Å². The molecule has 0 saturated carbocycles. The van der Waals surface area contributed by atoms with Gasteiger partial charge in [0.25, 0.3) is 5.82 Å². The van der Waals surface area contributed by atoms with Crippen molar-refractivity contribution in [3.63, 3.8) is 0 Å². The summed E-state index contributed by atoms with van der Waals surface area (Å²) in [5.41, 5.74) is 0.276. The molecular weight excluding hydrogens is 338 g/mol. The number of halogens is 2. The molecule has 0 atom stereocenters. The number of hydrogen-bond donors (Lipinski definition) is 0. The van der Waals surface area contributed by atoms with Gasteiger partial charge in [0, 0.05) is 17.7 Å². The van der Waals surface area contributed by atoms with Crippen molar-refractivity contribution in [1.29, 1.82) is 0 Å². The van der Waals surface area contributed by atoms with Gasteiger partial charge in [0.1, 0.15) is 22.7 Å². The number of benzene rings is 2. The zero-order valence-electron chi connectivity index (χ0n) is 13.4. The van der Waals surface area contributed by atoms with Crippen molar-refractivity contribution in [2.24, 2.45) is 0 Å². The number of aromatic nitrogens is 2. The van der Waals surface area contributed by atoms with E-state index in [1.54, 1.807) is 30.3 Å². The fourth-order valence-electron chi connectivity index (χ4n) is 3.01. The van der Waals surface area contributed by atoms with Gasteiger partial charge in [-0.15, -0.1) is 0 Å². The van der Waals surface area contributed by atoms with Crippen LogP contribution >= 0.6 is 0 Å². The fraction of sp³-hybridized carbons (Fsp3) is 0. The van der Waals surface area contributed by atoms with Crippen LogP contribution < -0.4 is 10.3 Å². The average Bonchev–Trinajstić information content (AvgIpc) is 2.62. The van der Waals surface area contributed by atoms with Gasteiger partial charge in [-0.25, -0.2) is 18.3 Å². The molecule has 2 aromatic carbocycles. The smallest absolute Gasteiger partial charge is 0.350 e. The Morgan fingerprint density at radius 3 is 2.38 bits per heavy atom. The van der Waals surface area contributed by atoms with Gasteiger partial charge in [0.2, 0.25) is 0 Å². The molecule has 128 valence electrons. The van der Waals surface area contributed by atoms with Gasteiger partial charge < -0.3 is 5.21 Å². The summed E-state index contributed by atoms with van der Waals surface area (Å²) in [4.78, 5) is 13.1. The first-order valence-electron chi connectivity index (χ1n) is 7.85. The molecule has 0 bridgehead atoms. The van der Waals surface area contributed by atoms with E-state index in [1.165, 1.54) is 24.4 Å².